The Balaban J connectivity index is 1.85. The van der Waals surface area contributed by atoms with E-state index in [2.05, 4.69) is 15.6 Å². The predicted molar refractivity (Wildman–Crippen MR) is 87.4 cm³/mol. The summed E-state index contributed by atoms with van der Waals surface area (Å²) in [6.07, 6.45) is 2.41. The molecule has 0 radical (unpaired) electrons. The van der Waals surface area contributed by atoms with Crippen LogP contribution in [0.3, 0.4) is 0 Å². The van der Waals surface area contributed by atoms with Crippen LogP contribution in [0, 0.1) is 0 Å². The quantitative estimate of drug-likeness (QED) is 0.824. The van der Waals surface area contributed by atoms with Gasteiger partial charge in [0, 0.05) is 24.8 Å². The van der Waals surface area contributed by atoms with Crippen LogP contribution in [-0.2, 0) is 6.42 Å². The lowest BCUT2D eigenvalue weighted by atomic mass is 10.1. The van der Waals surface area contributed by atoms with Gasteiger partial charge in [-0.2, -0.15) is 0 Å². The molecule has 0 bridgehead atoms. The SMILES string of the molecule is CCNc1cc(C(=O)NCCc2ccc(OC)cc2)ccn1. The maximum absolute atomic E-state index is 12.1. The molecule has 0 unspecified atom stereocenters. The smallest absolute Gasteiger partial charge is 0.251 e. The molecule has 0 spiro atoms. The molecule has 1 amide bonds. The standard InChI is InChI=1S/C17H21N3O2/c1-3-18-16-12-14(9-11-19-16)17(21)20-10-8-13-4-6-15(22-2)7-5-13/h4-7,9,11-12H,3,8,10H2,1-2H3,(H,18,19)(H,20,21). The molecule has 0 aliphatic heterocycles. The molecule has 2 aromatic rings. The lowest BCUT2D eigenvalue weighted by Gasteiger charge is -2.08. The average Bonchev–Trinajstić information content (AvgIpc) is 2.56. The Morgan fingerprint density at radius 2 is 2.00 bits per heavy atom. The Kier molecular flexibility index (Phi) is 5.77. The van der Waals surface area contributed by atoms with Gasteiger partial charge >= 0.3 is 0 Å². The molecule has 5 nitrogen and oxygen atoms in total. The molecular weight excluding hydrogens is 278 g/mol. The lowest BCUT2D eigenvalue weighted by molar-refractivity contribution is 0.0954. The molecule has 0 aliphatic rings. The van der Waals surface area contributed by atoms with E-state index in [4.69, 9.17) is 4.74 Å². The number of carbonyl (C=O) groups excluding carboxylic acids is 1. The van der Waals surface area contributed by atoms with Gasteiger partial charge in [0.05, 0.1) is 7.11 Å². The molecule has 0 saturated carbocycles. The van der Waals surface area contributed by atoms with Crippen LogP contribution in [-0.4, -0.2) is 31.1 Å². The number of anilines is 1. The number of methoxy groups -OCH3 is 1. The van der Waals surface area contributed by atoms with Crippen LogP contribution in [0.25, 0.3) is 0 Å². The van der Waals surface area contributed by atoms with E-state index >= 15 is 0 Å². The second-order valence-corrected chi connectivity index (χ2v) is 4.81. The highest BCUT2D eigenvalue weighted by atomic mass is 16.5. The molecule has 0 saturated heterocycles. The minimum Gasteiger partial charge on any atom is -0.497 e. The van der Waals surface area contributed by atoms with Crippen LogP contribution in [0.5, 0.6) is 5.75 Å². The number of pyridine rings is 1. The molecule has 0 fully saturated rings. The number of hydrogen-bond donors (Lipinski definition) is 2. The maximum Gasteiger partial charge on any atom is 0.251 e. The topological polar surface area (TPSA) is 63.2 Å². The summed E-state index contributed by atoms with van der Waals surface area (Å²) in [6.45, 7) is 3.35. The Hall–Kier alpha value is -2.56. The van der Waals surface area contributed by atoms with Crippen molar-refractivity contribution in [1.82, 2.24) is 10.3 Å². The highest BCUT2D eigenvalue weighted by molar-refractivity contribution is 5.94. The Labute approximate surface area is 130 Å². The summed E-state index contributed by atoms with van der Waals surface area (Å²) in [5, 5.41) is 6.01. The predicted octanol–water partition coefficient (Wildman–Crippen LogP) is 2.49. The fraction of sp³-hybridized carbons (Fsp3) is 0.294. The number of rotatable bonds is 7. The van der Waals surface area contributed by atoms with Gasteiger partial charge in [-0.05, 0) is 43.2 Å². The highest BCUT2D eigenvalue weighted by Gasteiger charge is 2.06. The van der Waals surface area contributed by atoms with Crippen LogP contribution in [0.15, 0.2) is 42.6 Å². The van der Waals surface area contributed by atoms with E-state index in [1.165, 1.54) is 0 Å². The van der Waals surface area contributed by atoms with Gasteiger partial charge in [-0.15, -0.1) is 0 Å². The van der Waals surface area contributed by atoms with Crippen LogP contribution in [0.4, 0.5) is 5.82 Å². The van der Waals surface area contributed by atoms with Gasteiger partial charge < -0.3 is 15.4 Å². The van der Waals surface area contributed by atoms with E-state index in [9.17, 15) is 4.79 Å². The normalized spacial score (nSPS) is 10.1. The zero-order chi connectivity index (χ0) is 15.8. The van der Waals surface area contributed by atoms with Crippen molar-refractivity contribution in [2.24, 2.45) is 0 Å². The van der Waals surface area contributed by atoms with Crippen LogP contribution in [0.1, 0.15) is 22.8 Å². The number of nitrogens with zero attached hydrogens (tertiary/aromatic N) is 1. The van der Waals surface area contributed by atoms with E-state index in [-0.39, 0.29) is 5.91 Å². The first-order chi connectivity index (χ1) is 10.7. The van der Waals surface area contributed by atoms with Crippen molar-refractivity contribution in [3.05, 3.63) is 53.7 Å². The number of carbonyl (C=O) groups is 1. The summed E-state index contributed by atoms with van der Waals surface area (Å²) >= 11 is 0. The van der Waals surface area contributed by atoms with Crippen molar-refractivity contribution in [2.75, 3.05) is 25.5 Å². The van der Waals surface area contributed by atoms with Gasteiger partial charge in [-0.25, -0.2) is 4.98 Å². The van der Waals surface area contributed by atoms with Crippen LogP contribution in [0.2, 0.25) is 0 Å². The Morgan fingerprint density at radius 3 is 2.68 bits per heavy atom. The van der Waals surface area contributed by atoms with Crippen molar-refractivity contribution in [1.29, 1.82) is 0 Å². The molecular formula is C17H21N3O2. The van der Waals surface area contributed by atoms with Gasteiger partial charge in [-0.3, -0.25) is 4.79 Å². The minimum atomic E-state index is -0.0879. The Morgan fingerprint density at radius 1 is 1.23 bits per heavy atom. The van der Waals surface area contributed by atoms with Crippen LogP contribution >= 0.6 is 0 Å². The number of amides is 1. The molecule has 5 heteroatoms. The van der Waals surface area contributed by atoms with Crippen molar-refractivity contribution >= 4 is 11.7 Å². The van der Waals surface area contributed by atoms with Gasteiger partial charge in [0.1, 0.15) is 11.6 Å². The van der Waals surface area contributed by atoms with Crippen molar-refractivity contribution in [3.8, 4) is 5.75 Å². The van der Waals surface area contributed by atoms with E-state index in [1.54, 1.807) is 25.4 Å². The number of benzene rings is 1. The van der Waals surface area contributed by atoms with Crippen molar-refractivity contribution in [3.63, 3.8) is 0 Å². The molecule has 116 valence electrons. The monoisotopic (exact) mass is 299 g/mol. The van der Waals surface area contributed by atoms with Gasteiger partial charge in [0.25, 0.3) is 5.91 Å². The summed E-state index contributed by atoms with van der Waals surface area (Å²) in [5.41, 5.74) is 1.77. The van der Waals surface area contributed by atoms with Crippen molar-refractivity contribution < 1.29 is 9.53 Å². The van der Waals surface area contributed by atoms with E-state index < -0.39 is 0 Å². The molecule has 1 heterocycles. The summed E-state index contributed by atoms with van der Waals surface area (Å²) in [5.74, 6) is 1.46. The summed E-state index contributed by atoms with van der Waals surface area (Å²) < 4.78 is 5.12. The zero-order valence-corrected chi connectivity index (χ0v) is 12.9. The summed E-state index contributed by atoms with van der Waals surface area (Å²) in [4.78, 5) is 16.3. The fourth-order valence-electron chi connectivity index (χ4n) is 2.06. The summed E-state index contributed by atoms with van der Waals surface area (Å²) in [7, 11) is 1.64. The largest absolute Gasteiger partial charge is 0.497 e. The second kappa shape index (κ2) is 8.02. The number of hydrogen-bond acceptors (Lipinski definition) is 4. The molecule has 1 aromatic heterocycles. The minimum absolute atomic E-state index is 0.0879. The Bertz CT molecular complexity index is 612. The maximum atomic E-state index is 12.1. The second-order valence-electron chi connectivity index (χ2n) is 4.81. The molecule has 0 atom stereocenters. The van der Waals surface area contributed by atoms with E-state index in [0.29, 0.717) is 17.9 Å². The van der Waals surface area contributed by atoms with Gasteiger partial charge in [0.15, 0.2) is 0 Å². The summed E-state index contributed by atoms with van der Waals surface area (Å²) in [6, 6.07) is 11.3. The molecule has 0 aliphatic carbocycles. The third-order valence-electron chi connectivity index (χ3n) is 3.24. The van der Waals surface area contributed by atoms with E-state index in [0.717, 1.165) is 24.3 Å². The fourth-order valence-corrected chi connectivity index (χ4v) is 2.06. The average molecular weight is 299 g/mol. The first-order valence-corrected chi connectivity index (χ1v) is 7.34. The third kappa shape index (κ3) is 4.48. The number of nitrogens with one attached hydrogen (secondary N) is 2. The van der Waals surface area contributed by atoms with Crippen molar-refractivity contribution in [2.45, 2.75) is 13.3 Å². The first kappa shape index (κ1) is 15.8. The molecule has 2 N–H and O–H groups in total. The molecule has 1 aromatic carbocycles. The van der Waals surface area contributed by atoms with Crippen LogP contribution < -0.4 is 15.4 Å². The third-order valence-corrected chi connectivity index (χ3v) is 3.24. The van der Waals surface area contributed by atoms with Gasteiger partial charge in [0.2, 0.25) is 0 Å². The number of ether oxygens (including phenoxy) is 1. The van der Waals surface area contributed by atoms with Gasteiger partial charge in [-0.1, -0.05) is 12.1 Å². The zero-order valence-electron chi connectivity index (χ0n) is 12.9. The molecule has 22 heavy (non-hydrogen) atoms. The lowest BCUT2D eigenvalue weighted by Crippen LogP contribution is -2.25. The number of aromatic nitrogens is 1. The highest BCUT2D eigenvalue weighted by Crippen LogP contribution is 2.11. The molecule has 2 rings (SSSR count). The first-order valence-electron chi connectivity index (χ1n) is 7.34. The van der Waals surface area contributed by atoms with E-state index in [1.807, 2.05) is 31.2 Å².